The van der Waals surface area contributed by atoms with Crippen LogP contribution in [-0.4, -0.2) is 9.55 Å². The summed E-state index contributed by atoms with van der Waals surface area (Å²) < 4.78 is 15.8. The van der Waals surface area contributed by atoms with E-state index < -0.39 is 0 Å². The smallest absolute Gasteiger partial charge is 0.207 e. The first kappa shape index (κ1) is 12.6. The molecule has 0 radical (unpaired) electrons. The van der Waals surface area contributed by atoms with Gasteiger partial charge in [0.2, 0.25) is 5.95 Å². The average Bonchev–Trinajstić information content (AvgIpc) is 2.65. The molecule has 0 fully saturated rings. The number of hydrogen-bond acceptors (Lipinski definition) is 2. The van der Waals surface area contributed by atoms with Crippen LogP contribution in [0.4, 0.5) is 16.0 Å². The number of nitrogens with zero attached hydrogens (tertiary/aromatic N) is 2. The Kier molecular flexibility index (Phi) is 3.65. The standard InChI is InChI=1S/C14H18FN3/c1-4-8-18-9-11(3)16-14(18)17-13-10(2)6-5-7-12(13)15/h5-7,9H,4,8H2,1-3H3,(H,16,17). The summed E-state index contributed by atoms with van der Waals surface area (Å²) in [6.07, 6.45) is 2.99. The molecule has 4 heteroatoms. The molecule has 0 amide bonds. The van der Waals surface area contributed by atoms with Crippen molar-refractivity contribution in [3.05, 3.63) is 41.5 Å². The zero-order chi connectivity index (χ0) is 13.1. The van der Waals surface area contributed by atoms with Crippen molar-refractivity contribution in [2.45, 2.75) is 33.7 Å². The van der Waals surface area contributed by atoms with Crippen molar-refractivity contribution in [1.82, 2.24) is 9.55 Å². The number of anilines is 2. The monoisotopic (exact) mass is 247 g/mol. The van der Waals surface area contributed by atoms with Gasteiger partial charge in [0.15, 0.2) is 0 Å². The van der Waals surface area contributed by atoms with E-state index in [0.717, 1.165) is 24.2 Å². The summed E-state index contributed by atoms with van der Waals surface area (Å²) in [5.74, 6) is 0.446. The minimum Gasteiger partial charge on any atom is -0.323 e. The van der Waals surface area contributed by atoms with Gasteiger partial charge in [-0.3, -0.25) is 0 Å². The van der Waals surface area contributed by atoms with Gasteiger partial charge in [-0.25, -0.2) is 9.37 Å². The Labute approximate surface area is 107 Å². The first-order chi connectivity index (χ1) is 8.61. The molecule has 0 unspecified atom stereocenters. The Bertz CT molecular complexity index is 526. The largest absolute Gasteiger partial charge is 0.323 e. The van der Waals surface area contributed by atoms with Gasteiger partial charge < -0.3 is 9.88 Å². The number of halogens is 1. The Balaban J connectivity index is 2.33. The first-order valence-electron chi connectivity index (χ1n) is 6.17. The summed E-state index contributed by atoms with van der Waals surface area (Å²) in [5.41, 5.74) is 2.30. The van der Waals surface area contributed by atoms with Crippen LogP contribution >= 0.6 is 0 Å². The molecule has 0 bridgehead atoms. The molecule has 0 aliphatic carbocycles. The van der Waals surface area contributed by atoms with Crippen LogP contribution in [0.2, 0.25) is 0 Å². The van der Waals surface area contributed by atoms with Gasteiger partial charge in [-0.2, -0.15) is 0 Å². The Hall–Kier alpha value is -1.84. The molecule has 0 saturated carbocycles. The number of imidazole rings is 1. The maximum absolute atomic E-state index is 13.8. The third-order valence-corrected chi connectivity index (χ3v) is 2.82. The predicted molar refractivity (Wildman–Crippen MR) is 71.7 cm³/mol. The number of nitrogens with one attached hydrogen (secondary N) is 1. The molecule has 0 aliphatic heterocycles. The molecule has 2 rings (SSSR count). The van der Waals surface area contributed by atoms with E-state index in [0.29, 0.717) is 11.6 Å². The molecule has 1 heterocycles. The van der Waals surface area contributed by atoms with Gasteiger partial charge in [0.1, 0.15) is 5.82 Å². The van der Waals surface area contributed by atoms with Crippen molar-refractivity contribution in [3.8, 4) is 0 Å². The van der Waals surface area contributed by atoms with Crippen molar-refractivity contribution < 1.29 is 4.39 Å². The lowest BCUT2D eigenvalue weighted by molar-refractivity contribution is 0.629. The van der Waals surface area contributed by atoms with Crippen LogP contribution < -0.4 is 5.32 Å². The number of aromatic nitrogens is 2. The van der Waals surface area contributed by atoms with E-state index in [2.05, 4.69) is 17.2 Å². The van der Waals surface area contributed by atoms with Crippen LogP contribution in [-0.2, 0) is 6.54 Å². The minimum atomic E-state index is -0.251. The maximum atomic E-state index is 13.8. The summed E-state index contributed by atoms with van der Waals surface area (Å²) in [6, 6.07) is 5.04. The van der Waals surface area contributed by atoms with Crippen molar-refractivity contribution in [1.29, 1.82) is 0 Å². The first-order valence-corrected chi connectivity index (χ1v) is 6.17. The third kappa shape index (κ3) is 2.53. The summed E-state index contributed by atoms with van der Waals surface area (Å²) in [6.45, 7) is 6.79. The normalized spacial score (nSPS) is 10.7. The Morgan fingerprint density at radius 3 is 2.78 bits per heavy atom. The maximum Gasteiger partial charge on any atom is 0.207 e. The lowest BCUT2D eigenvalue weighted by Crippen LogP contribution is -2.05. The molecule has 18 heavy (non-hydrogen) atoms. The van der Waals surface area contributed by atoms with Gasteiger partial charge in [-0.15, -0.1) is 0 Å². The van der Waals surface area contributed by atoms with Crippen LogP contribution in [0.25, 0.3) is 0 Å². The highest BCUT2D eigenvalue weighted by atomic mass is 19.1. The van der Waals surface area contributed by atoms with Gasteiger partial charge in [0, 0.05) is 12.7 Å². The third-order valence-electron chi connectivity index (χ3n) is 2.82. The van der Waals surface area contributed by atoms with Crippen LogP contribution in [0, 0.1) is 19.7 Å². The molecular formula is C14H18FN3. The lowest BCUT2D eigenvalue weighted by Gasteiger charge is -2.11. The summed E-state index contributed by atoms with van der Waals surface area (Å²) >= 11 is 0. The summed E-state index contributed by atoms with van der Waals surface area (Å²) in [4.78, 5) is 4.39. The van der Waals surface area contributed by atoms with Crippen LogP contribution in [0.3, 0.4) is 0 Å². The topological polar surface area (TPSA) is 29.9 Å². The van der Waals surface area contributed by atoms with E-state index in [4.69, 9.17) is 0 Å². The Morgan fingerprint density at radius 2 is 2.11 bits per heavy atom. The predicted octanol–water partition coefficient (Wildman–Crippen LogP) is 3.79. The van der Waals surface area contributed by atoms with Crippen LogP contribution in [0.1, 0.15) is 24.6 Å². The van der Waals surface area contributed by atoms with Gasteiger partial charge in [0.05, 0.1) is 11.4 Å². The second-order valence-corrected chi connectivity index (χ2v) is 4.46. The van der Waals surface area contributed by atoms with E-state index in [1.54, 1.807) is 6.07 Å². The second kappa shape index (κ2) is 5.21. The minimum absolute atomic E-state index is 0.251. The molecule has 96 valence electrons. The fourth-order valence-electron chi connectivity index (χ4n) is 1.96. The number of rotatable bonds is 4. The fraction of sp³-hybridized carbons (Fsp3) is 0.357. The molecule has 1 aromatic heterocycles. The van der Waals surface area contributed by atoms with Crippen molar-refractivity contribution in [2.75, 3.05) is 5.32 Å². The molecule has 2 aromatic rings. The van der Waals surface area contributed by atoms with Gasteiger partial charge >= 0.3 is 0 Å². The van der Waals surface area contributed by atoms with E-state index >= 15 is 0 Å². The molecular weight excluding hydrogens is 229 g/mol. The molecule has 0 aliphatic rings. The van der Waals surface area contributed by atoms with E-state index in [1.807, 2.05) is 30.7 Å². The SMILES string of the molecule is CCCn1cc(C)nc1Nc1c(C)cccc1F. The molecule has 0 saturated heterocycles. The number of benzene rings is 1. The highest BCUT2D eigenvalue weighted by Crippen LogP contribution is 2.23. The van der Waals surface area contributed by atoms with Crippen LogP contribution in [0.15, 0.2) is 24.4 Å². The van der Waals surface area contributed by atoms with Crippen molar-refractivity contribution in [2.24, 2.45) is 0 Å². The lowest BCUT2D eigenvalue weighted by atomic mass is 10.2. The average molecular weight is 247 g/mol. The van der Waals surface area contributed by atoms with Crippen LogP contribution in [0.5, 0.6) is 0 Å². The van der Waals surface area contributed by atoms with Crippen molar-refractivity contribution in [3.63, 3.8) is 0 Å². The number of aryl methyl sites for hydroxylation is 3. The zero-order valence-corrected chi connectivity index (χ0v) is 11.0. The van der Waals surface area contributed by atoms with Crippen molar-refractivity contribution >= 4 is 11.6 Å². The van der Waals surface area contributed by atoms with Gasteiger partial charge in [0.25, 0.3) is 0 Å². The summed E-state index contributed by atoms with van der Waals surface area (Å²) in [5, 5.41) is 3.09. The van der Waals surface area contributed by atoms with Gasteiger partial charge in [-0.05, 0) is 31.9 Å². The van der Waals surface area contributed by atoms with Gasteiger partial charge in [-0.1, -0.05) is 19.1 Å². The van der Waals surface area contributed by atoms with E-state index in [1.165, 1.54) is 6.07 Å². The quantitative estimate of drug-likeness (QED) is 0.890. The van der Waals surface area contributed by atoms with E-state index in [-0.39, 0.29) is 5.82 Å². The number of hydrogen-bond donors (Lipinski definition) is 1. The highest BCUT2D eigenvalue weighted by Gasteiger charge is 2.10. The summed E-state index contributed by atoms with van der Waals surface area (Å²) in [7, 11) is 0. The molecule has 1 N–H and O–H groups in total. The van der Waals surface area contributed by atoms with E-state index in [9.17, 15) is 4.39 Å². The Morgan fingerprint density at radius 1 is 1.33 bits per heavy atom. The zero-order valence-electron chi connectivity index (χ0n) is 11.0. The molecule has 3 nitrogen and oxygen atoms in total. The fourth-order valence-corrected chi connectivity index (χ4v) is 1.96. The number of para-hydroxylation sites is 1. The molecule has 0 atom stereocenters. The molecule has 1 aromatic carbocycles. The molecule has 0 spiro atoms. The second-order valence-electron chi connectivity index (χ2n) is 4.46. The highest BCUT2D eigenvalue weighted by molar-refractivity contribution is 5.59.